The third-order valence-corrected chi connectivity index (χ3v) is 3.88. The van der Waals surface area contributed by atoms with Crippen molar-refractivity contribution in [3.05, 3.63) is 17.5 Å². The van der Waals surface area contributed by atoms with Crippen molar-refractivity contribution in [2.45, 2.75) is 45.6 Å². The molecule has 1 saturated heterocycles. The lowest BCUT2D eigenvalue weighted by Gasteiger charge is -2.20. The molecule has 1 aliphatic heterocycles. The summed E-state index contributed by atoms with van der Waals surface area (Å²) in [6.07, 6.45) is 7.77. The quantitative estimate of drug-likeness (QED) is 0.887. The van der Waals surface area contributed by atoms with Gasteiger partial charge < -0.3 is 10.2 Å². The largest absolute Gasteiger partial charge is 0.342 e. The average molecular weight is 278 g/mol. The summed E-state index contributed by atoms with van der Waals surface area (Å²) in [5.41, 5.74) is 2.31. The summed E-state index contributed by atoms with van der Waals surface area (Å²) < 4.78 is 1.84. The van der Waals surface area contributed by atoms with Gasteiger partial charge in [0.25, 0.3) is 0 Å². The van der Waals surface area contributed by atoms with E-state index in [1.807, 2.05) is 22.8 Å². The van der Waals surface area contributed by atoms with Gasteiger partial charge in [-0.05, 0) is 19.3 Å². The van der Waals surface area contributed by atoms with Crippen LogP contribution in [0.4, 0.5) is 0 Å². The fourth-order valence-corrected chi connectivity index (χ4v) is 2.76. The van der Waals surface area contributed by atoms with Crippen molar-refractivity contribution in [3.8, 4) is 0 Å². The molecule has 1 fully saturated rings. The number of rotatable bonds is 5. The minimum absolute atomic E-state index is 0.230. The van der Waals surface area contributed by atoms with Crippen molar-refractivity contribution in [1.29, 1.82) is 0 Å². The minimum atomic E-state index is 0.230. The predicted molar refractivity (Wildman–Crippen MR) is 79.3 cm³/mol. The molecule has 1 aromatic rings. The normalized spacial score (nSPS) is 16.2. The molecule has 20 heavy (non-hydrogen) atoms. The van der Waals surface area contributed by atoms with Gasteiger partial charge in [-0.1, -0.05) is 19.8 Å². The molecule has 1 N–H and O–H groups in total. The minimum Gasteiger partial charge on any atom is -0.342 e. The Morgan fingerprint density at radius 1 is 1.30 bits per heavy atom. The van der Waals surface area contributed by atoms with Crippen LogP contribution in [0, 0.1) is 0 Å². The van der Waals surface area contributed by atoms with Crippen LogP contribution in [0.5, 0.6) is 0 Å². The van der Waals surface area contributed by atoms with Crippen LogP contribution in [-0.4, -0.2) is 40.2 Å². The van der Waals surface area contributed by atoms with Crippen LogP contribution >= 0.6 is 0 Å². The topological polar surface area (TPSA) is 50.2 Å². The van der Waals surface area contributed by atoms with Crippen LogP contribution in [0.1, 0.15) is 43.9 Å². The Morgan fingerprint density at radius 3 is 2.65 bits per heavy atom. The third-order valence-electron chi connectivity index (χ3n) is 3.88. The summed E-state index contributed by atoms with van der Waals surface area (Å²) in [6.45, 7) is 5.10. The average Bonchev–Trinajstić information content (AvgIpc) is 2.66. The van der Waals surface area contributed by atoms with Gasteiger partial charge in [0, 0.05) is 38.4 Å². The van der Waals surface area contributed by atoms with Crippen molar-refractivity contribution >= 4 is 5.91 Å². The number of amides is 1. The van der Waals surface area contributed by atoms with Gasteiger partial charge in [-0.25, -0.2) is 0 Å². The van der Waals surface area contributed by atoms with Crippen molar-refractivity contribution in [2.75, 3.05) is 19.6 Å². The van der Waals surface area contributed by atoms with Crippen LogP contribution in [0.15, 0.2) is 6.20 Å². The Hall–Kier alpha value is -1.36. The van der Waals surface area contributed by atoms with Gasteiger partial charge in [0.15, 0.2) is 0 Å². The van der Waals surface area contributed by atoms with Crippen molar-refractivity contribution in [2.24, 2.45) is 7.05 Å². The van der Waals surface area contributed by atoms with Crippen LogP contribution in [-0.2, 0) is 24.8 Å². The second-order valence-electron chi connectivity index (χ2n) is 5.53. The van der Waals surface area contributed by atoms with E-state index in [1.165, 1.54) is 18.4 Å². The number of likely N-dealkylation sites (tertiary alicyclic amines) is 1. The highest BCUT2D eigenvalue weighted by atomic mass is 16.2. The number of aromatic nitrogens is 2. The van der Waals surface area contributed by atoms with E-state index in [9.17, 15) is 4.79 Å². The predicted octanol–water partition coefficient (Wildman–Crippen LogP) is 1.47. The van der Waals surface area contributed by atoms with E-state index >= 15 is 0 Å². The van der Waals surface area contributed by atoms with Gasteiger partial charge in [0.1, 0.15) is 0 Å². The van der Waals surface area contributed by atoms with Crippen molar-refractivity contribution < 1.29 is 4.79 Å². The van der Waals surface area contributed by atoms with E-state index in [0.29, 0.717) is 6.54 Å². The number of aryl methyl sites for hydroxylation is 2. The summed E-state index contributed by atoms with van der Waals surface area (Å²) in [4.78, 5) is 14.1. The molecule has 5 nitrogen and oxygen atoms in total. The van der Waals surface area contributed by atoms with Gasteiger partial charge in [-0.15, -0.1) is 0 Å². The fourth-order valence-electron chi connectivity index (χ4n) is 2.76. The number of hydrogen-bond acceptors (Lipinski definition) is 3. The zero-order valence-electron chi connectivity index (χ0n) is 12.7. The lowest BCUT2D eigenvalue weighted by Crippen LogP contribution is -2.38. The zero-order valence-corrected chi connectivity index (χ0v) is 12.7. The number of nitrogens with one attached hydrogen (secondary N) is 1. The van der Waals surface area contributed by atoms with Crippen molar-refractivity contribution in [1.82, 2.24) is 20.0 Å². The van der Waals surface area contributed by atoms with E-state index < -0.39 is 0 Å². The monoisotopic (exact) mass is 278 g/mol. The smallest absolute Gasteiger partial charge is 0.236 e. The molecule has 112 valence electrons. The first-order chi connectivity index (χ1) is 9.70. The molecule has 1 aromatic heterocycles. The van der Waals surface area contributed by atoms with Crippen LogP contribution in [0.3, 0.4) is 0 Å². The first kappa shape index (κ1) is 15.0. The molecule has 0 unspecified atom stereocenters. The van der Waals surface area contributed by atoms with E-state index in [-0.39, 0.29) is 5.91 Å². The molecule has 1 aliphatic rings. The number of carbonyl (C=O) groups excluding carboxylic acids is 1. The number of hydrogen-bond donors (Lipinski definition) is 1. The third kappa shape index (κ3) is 4.07. The second kappa shape index (κ2) is 7.43. The van der Waals surface area contributed by atoms with Gasteiger partial charge in [-0.3, -0.25) is 9.48 Å². The lowest BCUT2D eigenvalue weighted by atomic mass is 10.2. The first-order valence-corrected chi connectivity index (χ1v) is 7.70. The van der Waals surface area contributed by atoms with Gasteiger partial charge >= 0.3 is 0 Å². The van der Waals surface area contributed by atoms with Crippen molar-refractivity contribution in [3.63, 3.8) is 0 Å². The summed E-state index contributed by atoms with van der Waals surface area (Å²) in [5, 5.41) is 7.67. The van der Waals surface area contributed by atoms with E-state index in [2.05, 4.69) is 17.3 Å². The summed E-state index contributed by atoms with van der Waals surface area (Å²) in [6, 6.07) is 0. The first-order valence-electron chi connectivity index (χ1n) is 7.70. The molecule has 2 heterocycles. The summed E-state index contributed by atoms with van der Waals surface area (Å²) in [5.74, 6) is 0.230. The lowest BCUT2D eigenvalue weighted by molar-refractivity contribution is -0.130. The molecule has 0 aliphatic carbocycles. The van der Waals surface area contributed by atoms with Gasteiger partial charge in [-0.2, -0.15) is 5.10 Å². The summed E-state index contributed by atoms with van der Waals surface area (Å²) in [7, 11) is 1.94. The van der Waals surface area contributed by atoms with E-state index in [1.54, 1.807) is 0 Å². The Balaban J connectivity index is 1.78. The molecular formula is C15H26N4O. The number of nitrogens with zero attached hydrogens (tertiary/aromatic N) is 3. The van der Waals surface area contributed by atoms with Crippen LogP contribution < -0.4 is 5.32 Å². The standard InChI is InChI=1S/C15H26N4O/c1-3-14-13(12-18(2)17-14)10-16-11-15(20)19-8-6-4-5-7-9-19/h12,16H,3-11H2,1-2H3. The zero-order chi connectivity index (χ0) is 14.4. The highest BCUT2D eigenvalue weighted by Gasteiger charge is 2.15. The molecule has 1 amide bonds. The Labute approximate surface area is 121 Å². The highest BCUT2D eigenvalue weighted by Crippen LogP contribution is 2.10. The molecule has 5 heteroatoms. The molecule has 0 atom stereocenters. The van der Waals surface area contributed by atoms with Gasteiger partial charge in [0.2, 0.25) is 5.91 Å². The van der Waals surface area contributed by atoms with E-state index in [4.69, 9.17) is 0 Å². The summed E-state index contributed by atoms with van der Waals surface area (Å²) >= 11 is 0. The van der Waals surface area contributed by atoms with Crippen LogP contribution in [0.2, 0.25) is 0 Å². The SMILES string of the molecule is CCc1nn(C)cc1CNCC(=O)N1CCCCCC1. The Morgan fingerprint density at radius 2 is 2.00 bits per heavy atom. The Bertz CT molecular complexity index is 433. The Kier molecular flexibility index (Phi) is 5.59. The van der Waals surface area contributed by atoms with Gasteiger partial charge in [0.05, 0.1) is 12.2 Å². The maximum atomic E-state index is 12.1. The molecule has 0 radical (unpaired) electrons. The van der Waals surface area contributed by atoms with Crippen LogP contribution in [0.25, 0.3) is 0 Å². The maximum absolute atomic E-state index is 12.1. The molecule has 0 saturated carbocycles. The molecule has 0 bridgehead atoms. The highest BCUT2D eigenvalue weighted by molar-refractivity contribution is 5.78. The molecule has 0 spiro atoms. The molecule has 2 rings (SSSR count). The molecule has 0 aromatic carbocycles. The maximum Gasteiger partial charge on any atom is 0.236 e. The second-order valence-corrected chi connectivity index (χ2v) is 5.53. The molecular weight excluding hydrogens is 252 g/mol. The van der Waals surface area contributed by atoms with E-state index in [0.717, 1.165) is 44.6 Å². The fraction of sp³-hybridized carbons (Fsp3) is 0.733. The number of carbonyl (C=O) groups is 1.